The average molecular weight is 332 g/mol. The maximum absolute atomic E-state index is 12.2. The number of aryl methyl sites for hydroxylation is 1. The van der Waals surface area contributed by atoms with Crippen LogP contribution in [-0.2, 0) is 11.2 Å². The monoisotopic (exact) mass is 332 g/mol. The number of urea groups is 1. The largest absolute Gasteiger partial charge is 0.497 e. The summed E-state index contributed by atoms with van der Waals surface area (Å²) in [4.78, 5) is 12.2. The molecule has 0 spiro atoms. The van der Waals surface area contributed by atoms with Crippen molar-refractivity contribution in [3.63, 3.8) is 0 Å². The number of hydrogen-bond donors (Lipinski definition) is 2. The van der Waals surface area contributed by atoms with Gasteiger partial charge in [0.05, 0.1) is 13.2 Å². The number of amides is 2. The number of hydrogen-bond acceptors (Lipinski definition) is 3. The second kappa shape index (κ2) is 7.01. The Balaban J connectivity index is 1.38. The number of carbonyl (C=O) groups is 1. The normalized spacial score (nSPS) is 27.0. The minimum absolute atomic E-state index is 0.0269. The Hall–Kier alpha value is -1.75. The predicted octanol–water partition coefficient (Wildman–Crippen LogP) is 2.74. The van der Waals surface area contributed by atoms with Crippen molar-refractivity contribution in [2.45, 2.75) is 45.3 Å². The summed E-state index contributed by atoms with van der Waals surface area (Å²) in [5, 5.41) is 6.12. The number of methoxy groups -OCH3 is 1. The number of ether oxygens (including phenoxy) is 2. The highest BCUT2D eigenvalue weighted by Gasteiger charge is 2.59. The summed E-state index contributed by atoms with van der Waals surface area (Å²) < 4.78 is 11.0. The van der Waals surface area contributed by atoms with Crippen molar-refractivity contribution in [1.29, 1.82) is 0 Å². The van der Waals surface area contributed by atoms with Gasteiger partial charge >= 0.3 is 6.03 Å². The molecule has 1 aliphatic carbocycles. The molecule has 2 fully saturated rings. The highest BCUT2D eigenvalue weighted by Crippen LogP contribution is 2.51. The van der Waals surface area contributed by atoms with Crippen molar-refractivity contribution in [1.82, 2.24) is 10.6 Å². The lowest BCUT2D eigenvalue weighted by Crippen LogP contribution is -2.67. The van der Waals surface area contributed by atoms with Gasteiger partial charge in [0.25, 0.3) is 0 Å². The van der Waals surface area contributed by atoms with Crippen LogP contribution in [0.3, 0.4) is 0 Å². The van der Waals surface area contributed by atoms with E-state index in [2.05, 4.69) is 30.5 Å². The SMILES string of the molecule is COc1cccc(CCCNC(=O)N[C@@H]2[C@H]3CCO[C@H]3C2(C)C)c1. The van der Waals surface area contributed by atoms with Gasteiger partial charge in [-0.05, 0) is 37.0 Å². The van der Waals surface area contributed by atoms with Crippen molar-refractivity contribution in [2.24, 2.45) is 11.3 Å². The molecule has 0 bridgehead atoms. The molecule has 1 heterocycles. The number of benzene rings is 1. The molecule has 3 rings (SSSR count). The molecule has 5 nitrogen and oxygen atoms in total. The fourth-order valence-corrected chi connectivity index (χ4v) is 4.13. The van der Waals surface area contributed by atoms with Gasteiger partial charge in [-0.3, -0.25) is 0 Å². The molecule has 132 valence electrons. The third-order valence-corrected chi connectivity index (χ3v) is 5.45. The van der Waals surface area contributed by atoms with Gasteiger partial charge in [-0.15, -0.1) is 0 Å². The van der Waals surface area contributed by atoms with Gasteiger partial charge in [0, 0.05) is 30.5 Å². The lowest BCUT2D eigenvalue weighted by atomic mass is 9.57. The van der Waals surface area contributed by atoms with Crippen LogP contribution in [0.15, 0.2) is 24.3 Å². The minimum Gasteiger partial charge on any atom is -0.497 e. The van der Waals surface area contributed by atoms with Gasteiger partial charge < -0.3 is 20.1 Å². The summed E-state index contributed by atoms with van der Waals surface area (Å²) in [6.07, 6.45) is 3.18. The lowest BCUT2D eigenvalue weighted by Gasteiger charge is -2.54. The molecule has 5 heteroatoms. The molecular weight excluding hydrogens is 304 g/mol. The van der Waals surface area contributed by atoms with Gasteiger partial charge in [0.2, 0.25) is 0 Å². The van der Waals surface area contributed by atoms with Crippen LogP contribution in [0.4, 0.5) is 4.79 Å². The molecule has 2 aliphatic rings. The lowest BCUT2D eigenvalue weighted by molar-refractivity contribution is -0.108. The maximum Gasteiger partial charge on any atom is 0.315 e. The summed E-state index contributed by atoms with van der Waals surface area (Å²) in [5.41, 5.74) is 1.25. The fourth-order valence-electron chi connectivity index (χ4n) is 4.13. The van der Waals surface area contributed by atoms with E-state index in [1.807, 2.05) is 18.2 Å². The molecule has 1 saturated carbocycles. The third kappa shape index (κ3) is 3.36. The van der Waals surface area contributed by atoms with Crippen LogP contribution in [0.1, 0.15) is 32.3 Å². The Labute approximate surface area is 144 Å². The van der Waals surface area contributed by atoms with E-state index in [1.165, 1.54) is 5.56 Å². The molecule has 1 saturated heterocycles. The fraction of sp³-hybridized carbons (Fsp3) is 0.632. The topological polar surface area (TPSA) is 59.6 Å². The van der Waals surface area contributed by atoms with Gasteiger partial charge in [-0.1, -0.05) is 26.0 Å². The maximum atomic E-state index is 12.2. The van der Waals surface area contributed by atoms with E-state index in [4.69, 9.17) is 9.47 Å². The molecule has 0 aromatic heterocycles. The van der Waals surface area contributed by atoms with Gasteiger partial charge in [-0.2, -0.15) is 0 Å². The van der Waals surface area contributed by atoms with Crippen molar-refractivity contribution in [2.75, 3.05) is 20.3 Å². The predicted molar refractivity (Wildman–Crippen MR) is 93.3 cm³/mol. The molecule has 1 aliphatic heterocycles. The highest BCUT2D eigenvalue weighted by atomic mass is 16.5. The Bertz CT molecular complexity index is 588. The standard InChI is InChI=1S/C19H28N2O3/c1-19(2)16(15-9-11-24-17(15)19)21-18(22)20-10-5-7-13-6-4-8-14(12-13)23-3/h4,6,8,12,15-17H,5,7,9-11H2,1-3H3,(H2,20,21,22)/t15-,16-,17-/m1/s1. The molecule has 2 N–H and O–H groups in total. The molecular formula is C19H28N2O3. The second-order valence-electron chi connectivity index (χ2n) is 7.40. The van der Waals surface area contributed by atoms with Crippen LogP contribution in [-0.4, -0.2) is 38.4 Å². The van der Waals surface area contributed by atoms with E-state index in [1.54, 1.807) is 7.11 Å². The Morgan fingerprint density at radius 2 is 2.25 bits per heavy atom. The molecule has 1 aromatic rings. The molecule has 3 atom stereocenters. The molecule has 1 aromatic carbocycles. The van der Waals surface area contributed by atoms with E-state index in [-0.39, 0.29) is 17.5 Å². The summed E-state index contributed by atoms with van der Waals surface area (Å²) in [5.74, 6) is 1.35. The van der Waals surface area contributed by atoms with Crippen LogP contribution in [0.2, 0.25) is 0 Å². The van der Waals surface area contributed by atoms with Crippen molar-refractivity contribution < 1.29 is 14.3 Å². The Kier molecular flexibility index (Phi) is 4.99. The zero-order valence-corrected chi connectivity index (χ0v) is 14.8. The van der Waals surface area contributed by atoms with Gasteiger partial charge in [0.1, 0.15) is 5.75 Å². The van der Waals surface area contributed by atoms with E-state index in [0.717, 1.165) is 31.6 Å². The van der Waals surface area contributed by atoms with Crippen LogP contribution in [0.5, 0.6) is 5.75 Å². The summed E-state index contributed by atoms with van der Waals surface area (Å²) >= 11 is 0. The number of fused-ring (bicyclic) bond motifs is 1. The van der Waals surface area contributed by atoms with Crippen LogP contribution < -0.4 is 15.4 Å². The minimum atomic E-state index is -0.0657. The quantitative estimate of drug-likeness (QED) is 0.788. The van der Waals surface area contributed by atoms with Gasteiger partial charge in [0.15, 0.2) is 0 Å². The van der Waals surface area contributed by atoms with E-state index in [9.17, 15) is 4.79 Å². The van der Waals surface area contributed by atoms with E-state index < -0.39 is 0 Å². The third-order valence-electron chi connectivity index (χ3n) is 5.45. The summed E-state index contributed by atoms with van der Waals surface area (Å²) in [7, 11) is 1.67. The number of carbonyl (C=O) groups excluding carboxylic acids is 1. The molecule has 24 heavy (non-hydrogen) atoms. The highest BCUT2D eigenvalue weighted by molar-refractivity contribution is 5.74. The van der Waals surface area contributed by atoms with Crippen molar-refractivity contribution >= 4 is 6.03 Å². The average Bonchev–Trinajstić information content (AvgIpc) is 3.04. The molecule has 0 radical (unpaired) electrons. The van der Waals surface area contributed by atoms with E-state index in [0.29, 0.717) is 18.6 Å². The second-order valence-corrected chi connectivity index (χ2v) is 7.40. The van der Waals surface area contributed by atoms with Crippen LogP contribution >= 0.6 is 0 Å². The first-order valence-electron chi connectivity index (χ1n) is 8.81. The zero-order chi connectivity index (χ0) is 17.2. The Morgan fingerprint density at radius 1 is 1.42 bits per heavy atom. The molecule has 0 unspecified atom stereocenters. The first-order valence-corrected chi connectivity index (χ1v) is 8.81. The Morgan fingerprint density at radius 3 is 3.04 bits per heavy atom. The first kappa shape index (κ1) is 17.1. The number of nitrogens with one attached hydrogen (secondary N) is 2. The summed E-state index contributed by atoms with van der Waals surface area (Å²) in [6, 6.07) is 8.20. The zero-order valence-electron chi connectivity index (χ0n) is 14.8. The van der Waals surface area contributed by atoms with Crippen molar-refractivity contribution in [3.8, 4) is 5.75 Å². The summed E-state index contributed by atoms with van der Waals surface area (Å²) in [6.45, 7) is 5.83. The van der Waals surface area contributed by atoms with Crippen LogP contribution in [0.25, 0.3) is 0 Å². The first-order chi connectivity index (χ1) is 11.5. The van der Waals surface area contributed by atoms with E-state index >= 15 is 0 Å². The van der Waals surface area contributed by atoms with Crippen molar-refractivity contribution in [3.05, 3.63) is 29.8 Å². The number of rotatable bonds is 6. The smallest absolute Gasteiger partial charge is 0.315 e. The van der Waals surface area contributed by atoms with Gasteiger partial charge in [-0.25, -0.2) is 4.79 Å². The molecule has 2 amide bonds. The van der Waals surface area contributed by atoms with Crippen LogP contribution in [0, 0.1) is 11.3 Å².